The van der Waals surface area contributed by atoms with Gasteiger partial charge in [-0.25, -0.2) is 13.2 Å². The minimum Gasteiger partial charge on any atom is -0.478 e. The van der Waals surface area contributed by atoms with Crippen molar-refractivity contribution in [3.05, 3.63) is 17.0 Å². The smallest absolute Gasteiger partial charge is 0.336 e. The summed E-state index contributed by atoms with van der Waals surface area (Å²) in [5, 5.41) is 9.89. The summed E-state index contributed by atoms with van der Waals surface area (Å²) >= 11 is 0.838. The predicted octanol–water partition coefficient (Wildman–Crippen LogP) is 0.628. The van der Waals surface area contributed by atoms with Crippen LogP contribution in [0.5, 0.6) is 0 Å². The van der Waals surface area contributed by atoms with E-state index in [1.54, 1.807) is 0 Å². The second kappa shape index (κ2) is 4.27. The minimum atomic E-state index is -3.74. The number of hydrogen-bond acceptors (Lipinski definition) is 5. The lowest BCUT2D eigenvalue weighted by Gasteiger charge is -2.11. The number of aromatic carboxylic acids is 1. The molecule has 0 aliphatic heterocycles. The van der Waals surface area contributed by atoms with Crippen molar-refractivity contribution in [3.8, 4) is 0 Å². The Balaban J connectivity index is 3.12. The van der Waals surface area contributed by atoms with Gasteiger partial charge in [0.2, 0.25) is 0 Å². The summed E-state index contributed by atoms with van der Waals surface area (Å²) in [5.74, 6) is -1.16. The Morgan fingerprint density at radius 3 is 2.60 bits per heavy atom. The first-order valence-electron chi connectivity index (χ1n) is 3.74. The number of rotatable bonds is 4. The molecule has 1 N–H and O–H groups in total. The minimum absolute atomic E-state index is 0.0527. The van der Waals surface area contributed by atoms with Crippen LogP contribution < -0.4 is 0 Å². The third kappa shape index (κ3) is 2.34. The highest BCUT2D eigenvalue weighted by molar-refractivity contribution is 7.91. The first-order valence-corrected chi connectivity index (χ1v) is 6.06. The van der Waals surface area contributed by atoms with Crippen LogP contribution in [0.3, 0.4) is 0 Å². The Labute approximate surface area is 90.7 Å². The molecular weight excluding hydrogens is 242 g/mol. The van der Waals surface area contributed by atoms with Crippen molar-refractivity contribution in [1.29, 1.82) is 0 Å². The standard InChI is InChI=1S/C7H9NO5S2/c1-8(13-2)15(11,12)6-3-5(4-14-6)7(9)10/h3-4H,1-2H3,(H,9,10). The molecule has 0 aliphatic carbocycles. The molecule has 0 bridgehead atoms. The molecule has 0 atom stereocenters. The van der Waals surface area contributed by atoms with E-state index in [0.717, 1.165) is 17.4 Å². The summed E-state index contributed by atoms with van der Waals surface area (Å²) in [6.07, 6.45) is 0. The molecule has 84 valence electrons. The van der Waals surface area contributed by atoms with Gasteiger partial charge in [-0.2, -0.15) is 0 Å². The molecule has 1 aromatic heterocycles. The molecule has 1 heterocycles. The summed E-state index contributed by atoms with van der Waals surface area (Å²) in [5.41, 5.74) is -0.0527. The number of hydroxylamine groups is 1. The average Bonchev–Trinajstić information content (AvgIpc) is 2.65. The monoisotopic (exact) mass is 251 g/mol. The summed E-state index contributed by atoms with van der Waals surface area (Å²) in [6.45, 7) is 0. The van der Waals surface area contributed by atoms with E-state index in [0.29, 0.717) is 4.47 Å². The summed E-state index contributed by atoms with van der Waals surface area (Å²) in [7, 11) is -1.29. The normalized spacial score (nSPS) is 11.9. The van der Waals surface area contributed by atoms with Crippen molar-refractivity contribution < 1.29 is 23.2 Å². The topological polar surface area (TPSA) is 83.9 Å². The van der Waals surface area contributed by atoms with E-state index >= 15 is 0 Å². The maximum Gasteiger partial charge on any atom is 0.336 e. The molecule has 0 saturated heterocycles. The quantitative estimate of drug-likeness (QED) is 0.793. The number of carboxylic acid groups (broad SMARTS) is 1. The molecule has 1 aromatic rings. The molecule has 1 rings (SSSR count). The number of carbonyl (C=O) groups is 1. The fourth-order valence-corrected chi connectivity index (χ4v) is 3.07. The highest BCUT2D eigenvalue weighted by Crippen LogP contribution is 2.23. The first kappa shape index (κ1) is 12.1. The van der Waals surface area contributed by atoms with Crippen LogP contribution in [0.4, 0.5) is 0 Å². The molecule has 0 radical (unpaired) electrons. The Morgan fingerprint density at radius 1 is 1.60 bits per heavy atom. The lowest BCUT2D eigenvalue weighted by atomic mass is 10.4. The van der Waals surface area contributed by atoms with Gasteiger partial charge >= 0.3 is 5.97 Å². The number of sulfonamides is 1. The van der Waals surface area contributed by atoms with Crippen LogP contribution in [0.15, 0.2) is 15.7 Å². The average molecular weight is 251 g/mol. The summed E-state index contributed by atoms with van der Waals surface area (Å²) < 4.78 is 23.8. The van der Waals surface area contributed by atoms with Crippen LogP contribution in [0.25, 0.3) is 0 Å². The molecule has 6 nitrogen and oxygen atoms in total. The van der Waals surface area contributed by atoms with Gasteiger partial charge in [0, 0.05) is 12.4 Å². The lowest BCUT2D eigenvalue weighted by Crippen LogP contribution is -2.24. The molecule has 8 heteroatoms. The van der Waals surface area contributed by atoms with Gasteiger partial charge in [0.25, 0.3) is 10.0 Å². The fourth-order valence-electron chi connectivity index (χ4n) is 0.789. The van der Waals surface area contributed by atoms with Crippen molar-refractivity contribution in [2.24, 2.45) is 0 Å². The molecular formula is C7H9NO5S2. The van der Waals surface area contributed by atoms with E-state index in [4.69, 9.17) is 5.11 Å². The van der Waals surface area contributed by atoms with E-state index in [1.807, 2.05) is 0 Å². The van der Waals surface area contributed by atoms with E-state index in [2.05, 4.69) is 4.84 Å². The van der Waals surface area contributed by atoms with Crippen molar-refractivity contribution in [2.45, 2.75) is 4.21 Å². The van der Waals surface area contributed by atoms with Crippen molar-refractivity contribution in [3.63, 3.8) is 0 Å². The van der Waals surface area contributed by atoms with Gasteiger partial charge in [-0.15, -0.1) is 11.3 Å². The molecule has 0 spiro atoms. The molecule has 0 amide bonds. The van der Waals surface area contributed by atoms with Gasteiger partial charge in [0.1, 0.15) is 4.21 Å². The van der Waals surface area contributed by atoms with Crippen LogP contribution >= 0.6 is 11.3 Å². The Morgan fingerprint density at radius 2 is 2.20 bits per heavy atom. The molecule has 0 saturated carbocycles. The second-order valence-corrected chi connectivity index (χ2v) is 5.63. The van der Waals surface area contributed by atoms with E-state index in [-0.39, 0.29) is 9.77 Å². The van der Waals surface area contributed by atoms with Gasteiger partial charge in [-0.1, -0.05) is 4.47 Å². The zero-order valence-electron chi connectivity index (χ0n) is 8.00. The van der Waals surface area contributed by atoms with Gasteiger partial charge in [-0.3, -0.25) is 4.84 Å². The van der Waals surface area contributed by atoms with E-state index < -0.39 is 16.0 Å². The van der Waals surface area contributed by atoms with Gasteiger partial charge < -0.3 is 5.11 Å². The molecule has 0 aliphatic rings. The lowest BCUT2D eigenvalue weighted by molar-refractivity contribution is -0.0256. The summed E-state index contributed by atoms with van der Waals surface area (Å²) in [4.78, 5) is 15.1. The highest BCUT2D eigenvalue weighted by atomic mass is 32.2. The van der Waals surface area contributed by atoms with Crippen LogP contribution in [0.1, 0.15) is 10.4 Å². The number of carboxylic acids is 1. The van der Waals surface area contributed by atoms with Crippen LogP contribution in [0.2, 0.25) is 0 Å². The Bertz CT molecular complexity index is 463. The molecule has 0 fully saturated rings. The van der Waals surface area contributed by atoms with Crippen LogP contribution in [-0.4, -0.2) is 38.1 Å². The molecule has 0 aromatic carbocycles. The number of nitrogens with zero attached hydrogens (tertiary/aromatic N) is 1. The summed E-state index contributed by atoms with van der Waals surface area (Å²) in [6, 6.07) is 1.10. The number of hydrogen-bond donors (Lipinski definition) is 1. The number of thiophene rings is 1. The van der Waals surface area contributed by atoms with Crippen molar-refractivity contribution in [1.82, 2.24) is 4.47 Å². The van der Waals surface area contributed by atoms with Gasteiger partial charge in [-0.05, 0) is 6.07 Å². The highest BCUT2D eigenvalue weighted by Gasteiger charge is 2.23. The third-order valence-electron chi connectivity index (χ3n) is 1.67. The van der Waals surface area contributed by atoms with E-state index in [9.17, 15) is 13.2 Å². The zero-order valence-corrected chi connectivity index (χ0v) is 9.63. The van der Waals surface area contributed by atoms with Crippen LogP contribution in [-0.2, 0) is 14.9 Å². The molecule has 15 heavy (non-hydrogen) atoms. The largest absolute Gasteiger partial charge is 0.478 e. The van der Waals surface area contributed by atoms with Crippen molar-refractivity contribution >= 4 is 27.3 Å². The maximum atomic E-state index is 11.6. The second-order valence-electron chi connectivity index (χ2n) is 2.56. The first-order chi connectivity index (χ1) is 6.89. The Hall–Kier alpha value is -0.960. The van der Waals surface area contributed by atoms with Gasteiger partial charge in [0.05, 0.1) is 12.7 Å². The molecule has 0 unspecified atom stereocenters. The predicted molar refractivity (Wildman–Crippen MR) is 53.2 cm³/mol. The van der Waals surface area contributed by atoms with Gasteiger partial charge in [0.15, 0.2) is 0 Å². The van der Waals surface area contributed by atoms with Crippen molar-refractivity contribution in [2.75, 3.05) is 14.2 Å². The van der Waals surface area contributed by atoms with Crippen LogP contribution in [0, 0.1) is 0 Å². The third-order valence-corrected chi connectivity index (χ3v) is 4.77. The fraction of sp³-hybridized carbons (Fsp3) is 0.286. The SMILES string of the molecule is CON(C)S(=O)(=O)c1cc(C(=O)O)cs1. The zero-order chi connectivity index (χ0) is 11.6. The van der Waals surface area contributed by atoms with E-state index in [1.165, 1.54) is 19.5 Å². The Kier molecular flexibility index (Phi) is 3.45. The maximum absolute atomic E-state index is 11.6.